The van der Waals surface area contributed by atoms with Crippen LogP contribution in [0.2, 0.25) is 5.02 Å². The van der Waals surface area contributed by atoms with Gasteiger partial charge in [0.2, 0.25) is 0 Å². The van der Waals surface area contributed by atoms with Crippen molar-refractivity contribution < 1.29 is 13.2 Å². The third-order valence-corrected chi connectivity index (χ3v) is 4.39. The zero-order chi connectivity index (χ0) is 18.6. The van der Waals surface area contributed by atoms with Crippen molar-refractivity contribution in [1.82, 2.24) is 25.0 Å². The van der Waals surface area contributed by atoms with Gasteiger partial charge in [-0.1, -0.05) is 11.6 Å². The molecule has 3 heterocycles. The molecule has 1 aromatic carbocycles. The first-order valence-corrected chi connectivity index (χ1v) is 8.23. The minimum Gasteiger partial charge on any atom is -0.276 e. The van der Waals surface area contributed by atoms with Gasteiger partial charge >= 0.3 is 6.18 Å². The van der Waals surface area contributed by atoms with E-state index < -0.39 is 11.9 Å². The van der Waals surface area contributed by atoms with Gasteiger partial charge in [-0.25, -0.2) is 4.98 Å². The van der Waals surface area contributed by atoms with E-state index in [4.69, 9.17) is 11.6 Å². The summed E-state index contributed by atoms with van der Waals surface area (Å²) in [6.45, 7) is 3.80. The largest absolute Gasteiger partial charge is 0.433 e. The predicted molar refractivity (Wildman–Crippen MR) is 93.0 cm³/mol. The number of benzene rings is 1. The van der Waals surface area contributed by atoms with Gasteiger partial charge in [-0.2, -0.15) is 23.4 Å². The highest BCUT2D eigenvalue weighted by Crippen LogP contribution is 2.36. The van der Waals surface area contributed by atoms with Crippen molar-refractivity contribution in [2.75, 3.05) is 0 Å². The molecular formula is C17H13ClF3N5. The first-order chi connectivity index (χ1) is 12.3. The van der Waals surface area contributed by atoms with Crippen LogP contribution in [0.3, 0.4) is 0 Å². The highest BCUT2D eigenvalue weighted by molar-refractivity contribution is 6.35. The number of aromatic nitrogens is 5. The van der Waals surface area contributed by atoms with Crippen molar-refractivity contribution in [3.63, 3.8) is 0 Å². The number of rotatable bonds is 2. The number of H-pyrrole nitrogens is 1. The van der Waals surface area contributed by atoms with E-state index in [1.165, 1.54) is 6.07 Å². The topological polar surface area (TPSA) is 59.4 Å². The Bertz CT molecular complexity index is 1130. The second-order valence-electron chi connectivity index (χ2n) is 6.24. The molecule has 0 unspecified atom stereocenters. The van der Waals surface area contributed by atoms with Gasteiger partial charge in [-0.15, -0.1) is 0 Å². The lowest BCUT2D eigenvalue weighted by Gasteiger charge is -2.12. The Kier molecular flexibility index (Phi) is 3.69. The number of nitrogens with zero attached hydrogens (tertiary/aromatic N) is 4. The number of alkyl halides is 3. The van der Waals surface area contributed by atoms with Crippen molar-refractivity contribution in [3.05, 3.63) is 41.2 Å². The zero-order valence-electron chi connectivity index (χ0n) is 13.8. The highest BCUT2D eigenvalue weighted by atomic mass is 35.5. The second-order valence-corrected chi connectivity index (χ2v) is 6.65. The molecule has 4 aromatic rings. The van der Waals surface area contributed by atoms with Gasteiger partial charge in [-0.05, 0) is 38.1 Å². The molecule has 0 aliphatic heterocycles. The average Bonchev–Trinajstić information content (AvgIpc) is 3.17. The van der Waals surface area contributed by atoms with Crippen molar-refractivity contribution in [2.45, 2.75) is 26.1 Å². The molecule has 0 spiro atoms. The lowest BCUT2D eigenvalue weighted by Crippen LogP contribution is -2.07. The molecule has 5 nitrogen and oxygen atoms in total. The number of fused-ring (bicyclic) bond motifs is 2. The van der Waals surface area contributed by atoms with Crippen molar-refractivity contribution >= 4 is 33.5 Å². The van der Waals surface area contributed by atoms with Gasteiger partial charge in [0.25, 0.3) is 0 Å². The van der Waals surface area contributed by atoms with Gasteiger partial charge in [0.15, 0.2) is 0 Å². The van der Waals surface area contributed by atoms with E-state index in [0.717, 1.165) is 11.5 Å². The van der Waals surface area contributed by atoms with E-state index in [1.54, 1.807) is 16.9 Å². The van der Waals surface area contributed by atoms with Crippen LogP contribution in [0.15, 0.2) is 30.5 Å². The fourth-order valence-electron chi connectivity index (χ4n) is 2.93. The molecule has 134 valence electrons. The number of hydrogen-bond acceptors (Lipinski definition) is 3. The average molecular weight is 380 g/mol. The number of aromatic amines is 1. The van der Waals surface area contributed by atoms with Crippen molar-refractivity contribution in [1.29, 1.82) is 0 Å². The first kappa shape index (κ1) is 16.8. The van der Waals surface area contributed by atoms with E-state index in [2.05, 4.69) is 20.3 Å². The summed E-state index contributed by atoms with van der Waals surface area (Å²) in [4.78, 5) is 3.85. The Morgan fingerprint density at radius 1 is 1.19 bits per heavy atom. The maximum atomic E-state index is 13.1. The molecule has 0 radical (unpaired) electrons. The van der Waals surface area contributed by atoms with Gasteiger partial charge < -0.3 is 0 Å². The predicted octanol–water partition coefficient (Wildman–Crippen LogP) is 5.23. The third kappa shape index (κ3) is 2.61. The molecule has 26 heavy (non-hydrogen) atoms. The molecule has 0 saturated carbocycles. The van der Waals surface area contributed by atoms with Crippen LogP contribution in [0.1, 0.15) is 25.6 Å². The molecule has 0 saturated heterocycles. The zero-order valence-corrected chi connectivity index (χ0v) is 14.5. The molecule has 3 aromatic heterocycles. The SMILES string of the molecule is CC(C)n1nc2ccc(C(F)(F)F)nc2c1-c1cc(Cl)c2[nH]ncc2c1. The third-order valence-electron chi connectivity index (χ3n) is 4.10. The lowest BCUT2D eigenvalue weighted by molar-refractivity contribution is -0.140. The van der Waals surface area contributed by atoms with E-state index in [1.807, 2.05) is 19.9 Å². The van der Waals surface area contributed by atoms with E-state index in [-0.39, 0.29) is 11.6 Å². The minimum atomic E-state index is -4.53. The summed E-state index contributed by atoms with van der Waals surface area (Å²) < 4.78 is 41.0. The Balaban J connectivity index is 2.06. The van der Waals surface area contributed by atoms with E-state index in [0.29, 0.717) is 27.3 Å². The number of hydrogen-bond donors (Lipinski definition) is 1. The van der Waals surface area contributed by atoms with Gasteiger partial charge in [0, 0.05) is 17.0 Å². The lowest BCUT2D eigenvalue weighted by atomic mass is 10.1. The monoisotopic (exact) mass is 379 g/mol. The molecule has 0 bridgehead atoms. The smallest absolute Gasteiger partial charge is 0.276 e. The Hall–Kier alpha value is -2.61. The van der Waals surface area contributed by atoms with Crippen LogP contribution < -0.4 is 0 Å². The molecular weight excluding hydrogens is 367 g/mol. The van der Waals surface area contributed by atoms with Crippen LogP contribution in [-0.2, 0) is 6.18 Å². The van der Waals surface area contributed by atoms with Gasteiger partial charge in [0.05, 0.1) is 22.4 Å². The quantitative estimate of drug-likeness (QED) is 0.519. The summed E-state index contributed by atoms with van der Waals surface area (Å²) in [6.07, 6.45) is -2.92. The Morgan fingerprint density at radius 3 is 2.65 bits per heavy atom. The molecule has 0 aliphatic carbocycles. The Labute approximate surface area is 150 Å². The maximum absolute atomic E-state index is 13.1. The molecule has 0 aliphatic rings. The van der Waals surface area contributed by atoms with Crippen LogP contribution >= 0.6 is 11.6 Å². The molecule has 0 amide bonds. The van der Waals surface area contributed by atoms with Crippen LogP contribution in [-0.4, -0.2) is 25.0 Å². The number of nitrogens with one attached hydrogen (secondary N) is 1. The van der Waals surface area contributed by atoms with Crippen LogP contribution in [0.4, 0.5) is 13.2 Å². The molecule has 4 rings (SSSR count). The highest BCUT2D eigenvalue weighted by Gasteiger charge is 2.33. The van der Waals surface area contributed by atoms with Gasteiger partial charge in [0.1, 0.15) is 16.7 Å². The summed E-state index contributed by atoms with van der Waals surface area (Å²) in [5.74, 6) is 0. The number of pyridine rings is 1. The molecule has 0 fully saturated rings. The van der Waals surface area contributed by atoms with Crippen LogP contribution in [0.25, 0.3) is 33.2 Å². The summed E-state index contributed by atoms with van der Waals surface area (Å²) in [5.41, 5.74) is 1.42. The van der Waals surface area contributed by atoms with Gasteiger partial charge in [-0.3, -0.25) is 9.78 Å². The fourth-order valence-corrected chi connectivity index (χ4v) is 3.20. The molecule has 9 heteroatoms. The first-order valence-electron chi connectivity index (χ1n) is 7.85. The Morgan fingerprint density at radius 2 is 1.96 bits per heavy atom. The van der Waals surface area contributed by atoms with Crippen molar-refractivity contribution in [3.8, 4) is 11.3 Å². The van der Waals surface area contributed by atoms with Crippen LogP contribution in [0.5, 0.6) is 0 Å². The minimum absolute atomic E-state index is 0.0765. The van der Waals surface area contributed by atoms with E-state index in [9.17, 15) is 13.2 Å². The maximum Gasteiger partial charge on any atom is 0.433 e. The molecule has 1 N–H and O–H groups in total. The van der Waals surface area contributed by atoms with Crippen LogP contribution in [0, 0.1) is 0 Å². The number of halogens is 4. The van der Waals surface area contributed by atoms with E-state index >= 15 is 0 Å². The summed E-state index contributed by atoms with van der Waals surface area (Å²) >= 11 is 6.31. The summed E-state index contributed by atoms with van der Waals surface area (Å²) in [6, 6.07) is 5.69. The fraction of sp³-hybridized carbons (Fsp3) is 0.235. The summed E-state index contributed by atoms with van der Waals surface area (Å²) in [5, 5.41) is 12.4. The summed E-state index contributed by atoms with van der Waals surface area (Å²) in [7, 11) is 0. The normalized spacial score (nSPS) is 12.6. The standard InChI is InChI=1S/C17H13ClF3N5/c1-8(2)26-16(9-5-10-7-22-24-14(10)11(18)6-9)15-12(25-26)3-4-13(23-15)17(19,20)21/h3-8H,1-2H3,(H,22,24). The van der Waals surface area contributed by atoms with Crippen molar-refractivity contribution in [2.24, 2.45) is 0 Å². The molecule has 0 atom stereocenters. The second kappa shape index (κ2) is 5.70.